The predicted octanol–water partition coefficient (Wildman–Crippen LogP) is 4.63. The van der Waals surface area contributed by atoms with E-state index in [0.29, 0.717) is 29.4 Å². The van der Waals surface area contributed by atoms with Gasteiger partial charge in [0.15, 0.2) is 17.6 Å². The minimum Gasteiger partial charge on any atom is -0.493 e. The van der Waals surface area contributed by atoms with Gasteiger partial charge in [0, 0.05) is 6.07 Å². The van der Waals surface area contributed by atoms with E-state index in [1.807, 2.05) is 5.92 Å². The van der Waals surface area contributed by atoms with Gasteiger partial charge in [-0.2, -0.15) is 26.3 Å². The quantitative estimate of drug-likeness (QED) is 0.261. The Morgan fingerprint density at radius 2 is 1.54 bits per heavy atom. The zero-order chi connectivity index (χ0) is 27.6. The molecule has 1 N–H and O–H groups in total. The molecule has 0 bridgehead atoms. The van der Waals surface area contributed by atoms with Crippen LogP contribution < -0.4 is 19.5 Å². The summed E-state index contributed by atoms with van der Waals surface area (Å²) in [4.78, 5) is 12.7. The number of halogens is 6. The predicted molar refractivity (Wildman–Crippen MR) is 120 cm³/mol. The maximum absolute atomic E-state index is 13.2. The fourth-order valence-corrected chi connectivity index (χ4v) is 3.00. The maximum atomic E-state index is 13.2. The van der Waals surface area contributed by atoms with Crippen LogP contribution in [0.4, 0.5) is 26.3 Å². The SMILES string of the molecule is C#CCOc1ccc(OCCNC(=O)C(OCC#C)c2cc(C(F)(F)F)cc(C(F)(F)F)c2)cc1OC. The lowest BCUT2D eigenvalue weighted by atomic mass is 10.0. The number of ether oxygens (including phenoxy) is 4. The molecule has 1 unspecified atom stereocenters. The number of alkyl halides is 6. The average molecular weight is 529 g/mol. The van der Waals surface area contributed by atoms with Gasteiger partial charge in [-0.15, -0.1) is 12.8 Å². The molecule has 2 rings (SSSR count). The smallest absolute Gasteiger partial charge is 0.416 e. The molecule has 0 fully saturated rings. The number of hydrogen-bond acceptors (Lipinski definition) is 5. The van der Waals surface area contributed by atoms with Gasteiger partial charge in [-0.05, 0) is 35.9 Å². The Kier molecular flexibility index (Phi) is 10.1. The van der Waals surface area contributed by atoms with Crippen LogP contribution in [-0.2, 0) is 21.9 Å². The molecule has 1 amide bonds. The van der Waals surface area contributed by atoms with E-state index in [9.17, 15) is 31.1 Å². The van der Waals surface area contributed by atoms with Gasteiger partial charge in [0.25, 0.3) is 5.91 Å². The summed E-state index contributed by atoms with van der Waals surface area (Å²) in [7, 11) is 1.40. The molecule has 37 heavy (non-hydrogen) atoms. The highest BCUT2D eigenvalue weighted by atomic mass is 19.4. The van der Waals surface area contributed by atoms with E-state index in [0.717, 1.165) is 0 Å². The van der Waals surface area contributed by atoms with Crippen molar-refractivity contribution in [1.29, 1.82) is 0 Å². The first-order chi connectivity index (χ1) is 17.4. The highest BCUT2D eigenvalue weighted by Crippen LogP contribution is 2.38. The van der Waals surface area contributed by atoms with Gasteiger partial charge in [0.2, 0.25) is 0 Å². The van der Waals surface area contributed by atoms with E-state index in [1.54, 1.807) is 6.07 Å². The summed E-state index contributed by atoms with van der Waals surface area (Å²) in [6, 6.07) is 5.33. The molecular formula is C25H21F6NO5. The van der Waals surface area contributed by atoms with Gasteiger partial charge in [-0.25, -0.2) is 0 Å². The third-order valence-electron chi connectivity index (χ3n) is 4.60. The van der Waals surface area contributed by atoms with Crippen LogP contribution in [0.5, 0.6) is 17.2 Å². The zero-order valence-electron chi connectivity index (χ0n) is 19.3. The Morgan fingerprint density at radius 3 is 2.08 bits per heavy atom. The molecule has 0 aliphatic rings. The summed E-state index contributed by atoms with van der Waals surface area (Å²) >= 11 is 0. The molecule has 0 saturated carbocycles. The van der Waals surface area contributed by atoms with Crippen molar-refractivity contribution < 1.29 is 50.1 Å². The van der Waals surface area contributed by atoms with Gasteiger partial charge >= 0.3 is 12.4 Å². The molecule has 0 aliphatic carbocycles. The Hall–Kier alpha value is -4.03. The number of carbonyl (C=O) groups excluding carboxylic acids is 1. The third kappa shape index (κ3) is 8.54. The van der Waals surface area contributed by atoms with Gasteiger partial charge in [-0.3, -0.25) is 4.79 Å². The monoisotopic (exact) mass is 529 g/mol. The summed E-state index contributed by atoms with van der Waals surface area (Å²) in [6.07, 6.45) is -1.80. The zero-order valence-corrected chi connectivity index (χ0v) is 19.3. The van der Waals surface area contributed by atoms with Crippen molar-refractivity contribution in [2.45, 2.75) is 18.5 Å². The van der Waals surface area contributed by atoms with Gasteiger partial charge in [0.1, 0.15) is 25.6 Å². The largest absolute Gasteiger partial charge is 0.493 e. The van der Waals surface area contributed by atoms with Crippen molar-refractivity contribution in [1.82, 2.24) is 5.32 Å². The number of carbonyl (C=O) groups is 1. The summed E-state index contributed by atoms with van der Waals surface area (Å²) in [6.45, 7) is -0.808. The summed E-state index contributed by atoms with van der Waals surface area (Å²) in [5.41, 5.74) is -3.85. The van der Waals surface area contributed by atoms with Crippen LogP contribution in [-0.4, -0.2) is 39.4 Å². The van der Waals surface area contributed by atoms with Crippen molar-refractivity contribution in [2.24, 2.45) is 0 Å². The van der Waals surface area contributed by atoms with Crippen LogP contribution >= 0.6 is 0 Å². The standard InChI is InChI=1S/C25H21F6NO5/c1-4-9-36-20-7-6-19(15-21(20)34-3)35-11-8-32-23(33)22(37-10-5-2)16-12-17(24(26,27)28)14-18(13-16)25(29,30)31/h1-2,6-7,12-15,22H,8-11H2,3H3,(H,32,33). The van der Waals surface area contributed by atoms with Crippen LogP contribution in [0.25, 0.3) is 0 Å². The minimum atomic E-state index is -5.10. The summed E-state index contributed by atoms with van der Waals surface area (Å²) in [5.74, 6) is 4.34. The molecule has 12 heteroatoms. The molecule has 198 valence electrons. The lowest BCUT2D eigenvalue weighted by Crippen LogP contribution is -2.34. The fourth-order valence-electron chi connectivity index (χ4n) is 3.00. The van der Waals surface area contributed by atoms with Crippen LogP contribution in [0.3, 0.4) is 0 Å². The molecule has 6 nitrogen and oxygen atoms in total. The van der Waals surface area contributed by atoms with Gasteiger partial charge in [0.05, 0.1) is 24.8 Å². The number of terminal acetylenes is 2. The van der Waals surface area contributed by atoms with Crippen LogP contribution in [0.15, 0.2) is 36.4 Å². The molecule has 1 atom stereocenters. The van der Waals surface area contributed by atoms with E-state index in [-0.39, 0.29) is 25.8 Å². The van der Waals surface area contributed by atoms with E-state index >= 15 is 0 Å². The van der Waals surface area contributed by atoms with Gasteiger partial charge in [-0.1, -0.05) is 11.8 Å². The first kappa shape index (κ1) is 29.2. The molecule has 0 aliphatic heterocycles. The Balaban J connectivity index is 2.15. The second-order valence-corrected chi connectivity index (χ2v) is 7.18. The van der Waals surface area contributed by atoms with E-state index in [2.05, 4.69) is 11.2 Å². The number of methoxy groups -OCH3 is 1. The third-order valence-corrected chi connectivity index (χ3v) is 4.60. The van der Waals surface area contributed by atoms with Crippen LogP contribution in [0, 0.1) is 24.7 Å². The Bertz CT molecular complexity index is 1130. The normalized spacial score (nSPS) is 12.1. The highest BCUT2D eigenvalue weighted by molar-refractivity contribution is 5.82. The molecule has 0 radical (unpaired) electrons. The van der Waals surface area contributed by atoms with E-state index in [4.69, 9.17) is 31.8 Å². The number of nitrogens with one attached hydrogen (secondary N) is 1. The van der Waals surface area contributed by atoms with Crippen molar-refractivity contribution in [3.05, 3.63) is 53.1 Å². The molecule has 0 aromatic heterocycles. The molecule has 0 spiro atoms. The molecule has 0 saturated heterocycles. The number of rotatable bonds is 11. The van der Waals surface area contributed by atoms with Crippen molar-refractivity contribution in [2.75, 3.05) is 33.5 Å². The number of benzene rings is 2. The second-order valence-electron chi connectivity index (χ2n) is 7.18. The summed E-state index contributed by atoms with van der Waals surface area (Å²) < 4.78 is 100. The topological polar surface area (TPSA) is 66.0 Å². The molecule has 0 heterocycles. The minimum absolute atomic E-state index is 0.0157. The van der Waals surface area contributed by atoms with Crippen molar-refractivity contribution in [3.8, 4) is 41.9 Å². The Labute approximate surface area is 208 Å². The van der Waals surface area contributed by atoms with Crippen LogP contribution in [0.2, 0.25) is 0 Å². The first-order valence-electron chi connectivity index (χ1n) is 10.4. The molecular weight excluding hydrogens is 508 g/mol. The first-order valence-corrected chi connectivity index (χ1v) is 10.4. The lowest BCUT2D eigenvalue weighted by Gasteiger charge is -2.20. The van der Waals surface area contributed by atoms with Crippen molar-refractivity contribution in [3.63, 3.8) is 0 Å². The summed E-state index contributed by atoms with van der Waals surface area (Å²) in [5, 5.41) is 2.35. The Morgan fingerprint density at radius 1 is 0.919 bits per heavy atom. The average Bonchev–Trinajstić information content (AvgIpc) is 2.84. The number of amides is 1. The highest BCUT2D eigenvalue weighted by Gasteiger charge is 2.38. The lowest BCUT2D eigenvalue weighted by molar-refractivity contribution is -0.144. The number of hydrogen-bond donors (Lipinski definition) is 1. The maximum Gasteiger partial charge on any atom is 0.416 e. The van der Waals surface area contributed by atoms with Crippen LogP contribution in [0.1, 0.15) is 22.8 Å². The second kappa shape index (κ2) is 12.8. The molecule has 2 aromatic rings. The molecule has 2 aromatic carbocycles. The van der Waals surface area contributed by atoms with Crippen molar-refractivity contribution >= 4 is 5.91 Å². The van der Waals surface area contributed by atoms with E-state index in [1.165, 1.54) is 19.2 Å². The van der Waals surface area contributed by atoms with E-state index < -0.39 is 47.7 Å². The van der Waals surface area contributed by atoms with Gasteiger partial charge < -0.3 is 24.3 Å². The fraction of sp³-hybridized carbons (Fsp3) is 0.320.